The van der Waals surface area contributed by atoms with Crippen molar-refractivity contribution in [3.8, 4) is 0 Å². The van der Waals surface area contributed by atoms with Crippen LogP contribution in [0.15, 0.2) is 46.0 Å². The number of nitrogens with one attached hydrogen (secondary N) is 1. The van der Waals surface area contributed by atoms with Crippen molar-refractivity contribution in [2.45, 2.75) is 18.7 Å². The highest BCUT2D eigenvalue weighted by molar-refractivity contribution is 7.29. The van der Waals surface area contributed by atoms with Crippen LogP contribution in [-0.2, 0) is 4.79 Å². The first-order chi connectivity index (χ1) is 13.4. The van der Waals surface area contributed by atoms with Crippen LogP contribution in [-0.4, -0.2) is 27.3 Å². The molecule has 0 spiro atoms. The zero-order valence-electron chi connectivity index (χ0n) is 14.7. The predicted molar refractivity (Wildman–Crippen MR) is 102 cm³/mol. The average Bonchev–Trinajstić information content (AvgIpc) is 2.72. The molecule has 1 amide bonds. The Balaban J connectivity index is 2.30. The molecule has 152 valence electrons. The van der Waals surface area contributed by atoms with Crippen LogP contribution < -0.4 is 21.2 Å². The highest BCUT2D eigenvalue weighted by Gasteiger charge is 2.55. The Morgan fingerprint density at radius 1 is 1.14 bits per heavy atom. The summed E-state index contributed by atoms with van der Waals surface area (Å²) in [6.45, 7) is 0.260. The Hall–Kier alpha value is -3.02. The Labute approximate surface area is 163 Å². The number of amides is 1. The second-order valence-electron chi connectivity index (χ2n) is 6.39. The SMILES string of the molecule is CC(O)(C(=O)Nc1cc2c(=O)c3ccccc3[s+]([O-])c(=O)c2cc1N)C(F)(F)F. The van der Waals surface area contributed by atoms with E-state index in [0.717, 1.165) is 12.1 Å². The zero-order valence-corrected chi connectivity index (χ0v) is 15.5. The zero-order chi connectivity index (χ0) is 21.7. The number of hydrogen-bond donors (Lipinski definition) is 3. The number of benzene rings is 2. The lowest BCUT2D eigenvalue weighted by molar-refractivity contribution is -0.242. The number of nitrogen functional groups attached to an aromatic ring is 1. The topological polar surface area (TPSA) is 133 Å². The maximum atomic E-state index is 12.9. The monoisotopic (exact) mass is 426 g/mol. The van der Waals surface area contributed by atoms with Crippen molar-refractivity contribution in [2.75, 3.05) is 11.1 Å². The van der Waals surface area contributed by atoms with Gasteiger partial charge in [-0.3, -0.25) is 9.59 Å². The van der Waals surface area contributed by atoms with Crippen LogP contribution in [0.1, 0.15) is 6.92 Å². The summed E-state index contributed by atoms with van der Waals surface area (Å²) in [5.74, 6) is -1.83. The number of fused-ring (bicyclic) bond motifs is 2. The quantitative estimate of drug-likeness (QED) is 0.425. The van der Waals surface area contributed by atoms with E-state index in [-0.39, 0.29) is 33.5 Å². The van der Waals surface area contributed by atoms with E-state index in [9.17, 15) is 37.2 Å². The van der Waals surface area contributed by atoms with Crippen LogP contribution in [0.3, 0.4) is 0 Å². The fraction of sp³-hybridized carbons (Fsp3) is 0.167. The van der Waals surface area contributed by atoms with E-state index < -0.39 is 44.3 Å². The molecular weight excluding hydrogens is 413 g/mol. The van der Waals surface area contributed by atoms with Gasteiger partial charge in [0, 0.05) is 16.1 Å². The number of alkyl halides is 3. The molecule has 2 atom stereocenters. The number of hydrogen-bond acceptors (Lipinski definition) is 6. The van der Waals surface area contributed by atoms with Gasteiger partial charge in [0.1, 0.15) is 0 Å². The van der Waals surface area contributed by atoms with Gasteiger partial charge in [0.25, 0.3) is 5.91 Å². The molecule has 7 nitrogen and oxygen atoms in total. The molecule has 2 unspecified atom stereocenters. The second-order valence-corrected chi connectivity index (χ2v) is 7.74. The van der Waals surface area contributed by atoms with Crippen LogP contribution in [0, 0.1) is 0 Å². The number of carbonyl (C=O) groups excluding carboxylic acids is 1. The minimum atomic E-state index is -5.26. The number of rotatable bonds is 2. The van der Waals surface area contributed by atoms with E-state index in [0.29, 0.717) is 0 Å². The smallest absolute Gasteiger partial charge is 0.426 e. The number of carbonyl (C=O) groups is 1. The van der Waals surface area contributed by atoms with Crippen molar-refractivity contribution in [1.29, 1.82) is 0 Å². The Bertz CT molecular complexity index is 1280. The molecule has 2 aromatic carbocycles. The van der Waals surface area contributed by atoms with Gasteiger partial charge in [-0.05, 0) is 31.2 Å². The van der Waals surface area contributed by atoms with Crippen molar-refractivity contribution < 1.29 is 27.6 Å². The van der Waals surface area contributed by atoms with Crippen molar-refractivity contribution in [3.05, 3.63) is 56.2 Å². The van der Waals surface area contributed by atoms with Gasteiger partial charge in [-0.15, -0.1) is 0 Å². The van der Waals surface area contributed by atoms with Crippen LogP contribution in [0.4, 0.5) is 24.5 Å². The van der Waals surface area contributed by atoms with Gasteiger partial charge < -0.3 is 20.7 Å². The van der Waals surface area contributed by atoms with Crippen molar-refractivity contribution in [3.63, 3.8) is 0 Å². The molecule has 1 heterocycles. The molecule has 0 bridgehead atoms. The van der Waals surface area contributed by atoms with Gasteiger partial charge >= 0.3 is 10.9 Å². The summed E-state index contributed by atoms with van der Waals surface area (Å²) >= 11 is 0. The van der Waals surface area contributed by atoms with Gasteiger partial charge in [0.2, 0.25) is 5.60 Å². The normalized spacial score (nSPS) is 14.6. The Morgan fingerprint density at radius 2 is 1.76 bits per heavy atom. The fourth-order valence-corrected chi connectivity index (χ4v) is 3.75. The summed E-state index contributed by atoms with van der Waals surface area (Å²) < 4.78 is 50.2. The molecule has 3 rings (SSSR count). The van der Waals surface area contributed by atoms with Gasteiger partial charge in [0.05, 0.1) is 22.1 Å². The second kappa shape index (κ2) is 6.79. The van der Waals surface area contributed by atoms with E-state index in [1.54, 1.807) is 0 Å². The van der Waals surface area contributed by atoms with E-state index in [1.165, 1.54) is 24.3 Å². The summed E-state index contributed by atoms with van der Waals surface area (Å²) in [5.41, 5.74) is 0.517. The van der Waals surface area contributed by atoms with Gasteiger partial charge in [-0.2, -0.15) is 13.2 Å². The van der Waals surface area contributed by atoms with E-state index in [2.05, 4.69) is 0 Å². The molecule has 0 saturated heterocycles. The Kier molecular flexibility index (Phi) is 4.85. The van der Waals surface area contributed by atoms with Crippen LogP contribution in [0.2, 0.25) is 0 Å². The standard InChI is InChI=1S/C18H13F3N2O5S/c1-17(27,18(19,20)21)16(26)23-12-7-9-10(6-11(12)22)15(25)29(28)13-5-3-2-4-8(13)14(9)24/h2-7,27H,22H2,1H3,(H,23,26). The molecule has 0 aliphatic carbocycles. The summed E-state index contributed by atoms with van der Waals surface area (Å²) in [6, 6.07) is 7.56. The number of anilines is 2. The first-order valence-electron chi connectivity index (χ1n) is 8.00. The van der Waals surface area contributed by atoms with Crippen LogP contribution in [0.25, 0.3) is 20.9 Å². The molecule has 0 fully saturated rings. The van der Waals surface area contributed by atoms with E-state index in [4.69, 9.17) is 5.73 Å². The Morgan fingerprint density at radius 3 is 2.38 bits per heavy atom. The molecule has 4 N–H and O–H groups in total. The van der Waals surface area contributed by atoms with Gasteiger partial charge in [-0.25, -0.2) is 4.79 Å². The maximum absolute atomic E-state index is 12.9. The molecule has 0 aliphatic rings. The van der Waals surface area contributed by atoms with Crippen molar-refractivity contribution >= 4 is 48.9 Å². The van der Waals surface area contributed by atoms with Crippen molar-refractivity contribution in [1.82, 2.24) is 0 Å². The van der Waals surface area contributed by atoms with Gasteiger partial charge in [0.15, 0.2) is 10.1 Å². The lowest BCUT2D eigenvalue weighted by Crippen LogP contribution is -2.52. The van der Waals surface area contributed by atoms with E-state index in [1.807, 2.05) is 5.32 Å². The molecule has 1 aromatic heterocycles. The lowest BCUT2D eigenvalue weighted by Gasteiger charge is -2.25. The summed E-state index contributed by atoms with van der Waals surface area (Å²) in [6.07, 6.45) is -5.26. The molecule has 11 heteroatoms. The number of nitrogens with two attached hydrogens (primary N) is 1. The lowest BCUT2D eigenvalue weighted by atomic mass is 10.0. The highest BCUT2D eigenvalue weighted by Crippen LogP contribution is 2.33. The first kappa shape index (κ1) is 20.7. The summed E-state index contributed by atoms with van der Waals surface area (Å²) in [4.78, 5) is 37.3. The van der Waals surface area contributed by atoms with Crippen molar-refractivity contribution in [2.24, 2.45) is 0 Å². The summed E-state index contributed by atoms with van der Waals surface area (Å²) in [7, 11) is -2.20. The number of halogens is 3. The third kappa shape index (κ3) is 3.33. The molecular formula is C18H13F3N2O5S. The number of aliphatic hydroxyl groups is 1. The molecule has 0 saturated carbocycles. The van der Waals surface area contributed by atoms with Crippen LogP contribution in [0.5, 0.6) is 0 Å². The van der Waals surface area contributed by atoms with Crippen LogP contribution >= 0.6 is 10.8 Å². The van der Waals surface area contributed by atoms with E-state index >= 15 is 0 Å². The highest BCUT2D eigenvalue weighted by atomic mass is 32.2. The maximum Gasteiger partial charge on any atom is 0.426 e. The molecule has 0 radical (unpaired) electrons. The largest absolute Gasteiger partial charge is 0.587 e. The third-order valence-corrected chi connectivity index (χ3v) is 5.71. The predicted octanol–water partition coefficient (Wildman–Crippen LogP) is 2.27. The molecule has 0 aliphatic heterocycles. The fourth-order valence-electron chi connectivity index (χ4n) is 2.61. The minimum absolute atomic E-state index is 0.0112. The first-order valence-corrected chi connectivity index (χ1v) is 9.15. The van der Waals surface area contributed by atoms with Gasteiger partial charge in [-0.1, -0.05) is 12.1 Å². The summed E-state index contributed by atoms with van der Waals surface area (Å²) in [5, 5.41) is 10.7. The average molecular weight is 426 g/mol. The molecule has 3 aromatic rings. The molecule has 29 heavy (non-hydrogen) atoms. The third-order valence-electron chi connectivity index (χ3n) is 4.40. The minimum Gasteiger partial charge on any atom is -0.587 e.